The van der Waals surface area contributed by atoms with Crippen molar-refractivity contribution in [2.24, 2.45) is 10.9 Å². The molecule has 1 aromatic carbocycles. The van der Waals surface area contributed by atoms with Crippen LogP contribution in [0.3, 0.4) is 0 Å². The fraction of sp³-hybridized carbons (Fsp3) is 0.611. The largest absolute Gasteiger partial charge is 0.357 e. The Bertz CT molecular complexity index is 452. The minimum absolute atomic E-state index is 0.705. The summed E-state index contributed by atoms with van der Waals surface area (Å²) < 4.78 is 0. The smallest absolute Gasteiger partial charge is 0.191 e. The fourth-order valence-electron chi connectivity index (χ4n) is 2.19. The topological polar surface area (TPSA) is 39.7 Å². The monoisotopic (exact) mass is 304 g/mol. The maximum Gasteiger partial charge on any atom is 0.191 e. The van der Waals surface area contributed by atoms with Crippen LogP contribution in [0.1, 0.15) is 38.3 Å². The summed E-state index contributed by atoms with van der Waals surface area (Å²) in [5.74, 6) is 1.61. The Morgan fingerprint density at radius 2 is 1.82 bits per heavy atom. The maximum absolute atomic E-state index is 4.72. The Balaban J connectivity index is 2.68. The van der Waals surface area contributed by atoms with Gasteiger partial charge < -0.3 is 15.5 Å². The Morgan fingerprint density at radius 3 is 2.41 bits per heavy atom. The molecule has 4 heteroatoms. The maximum atomic E-state index is 4.72. The second-order valence-corrected chi connectivity index (χ2v) is 6.31. The summed E-state index contributed by atoms with van der Waals surface area (Å²) in [7, 11) is 4.19. The minimum atomic E-state index is 0.705. The molecule has 22 heavy (non-hydrogen) atoms. The van der Waals surface area contributed by atoms with Gasteiger partial charge in [0, 0.05) is 19.6 Å². The summed E-state index contributed by atoms with van der Waals surface area (Å²) in [5, 5.41) is 6.73. The van der Waals surface area contributed by atoms with Crippen LogP contribution in [0, 0.1) is 5.92 Å². The molecule has 0 atom stereocenters. The van der Waals surface area contributed by atoms with Crippen molar-refractivity contribution in [3.8, 4) is 0 Å². The van der Waals surface area contributed by atoms with E-state index in [1.165, 1.54) is 11.1 Å². The lowest BCUT2D eigenvalue weighted by Gasteiger charge is -2.15. The molecule has 4 nitrogen and oxygen atoms in total. The van der Waals surface area contributed by atoms with Crippen molar-refractivity contribution in [3.05, 3.63) is 35.4 Å². The Hall–Kier alpha value is -1.55. The van der Waals surface area contributed by atoms with Crippen LogP contribution in [0.4, 0.5) is 0 Å². The first-order chi connectivity index (χ1) is 10.5. The summed E-state index contributed by atoms with van der Waals surface area (Å²) in [6, 6.07) is 8.53. The Kier molecular flexibility index (Phi) is 8.60. The molecule has 0 heterocycles. The Morgan fingerprint density at radius 1 is 1.14 bits per heavy atom. The standard InChI is InChI=1S/C18H32N4/c1-6-19-18(20-12-11-15(2)3)21-13-16-9-7-8-10-17(16)14-22(4)5/h7-10,15H,6,11-14H2,1-5H3,(H2,19,20,21). The highest BCUT2D eigenvalue weighted by Gasteiger charge is 2.04. The molecule has 0 fully saturated rings. The third-order valence-corrected chi connectivity index (χ3v) is 3.37. The second-order valence-electron chi connectivity index (χ2n) is 6.31. The first kappa shape index (κ1) is 18.5. The summed E-state index contributed by atoms with van der Waals surface area (Å²) >= 11 is 0. The molecule has 0 saturated carbocycles. The summed E-state index contributed by atoms with van der Waals surface area (Å²) in [4.78, 5) is 6.91. The highest BCUT2D eigenvalue weighted by atomic mass is 15.2. The molecule has 0 amide bonds. The number of nitrogens with one attached hydrogen (secondary N) is 2. The van der Waals surface area contributed by atoms with Crippen molar-refractivity contribution in [2.45, 2.75) is 40.3 Å². The van der Waals surface area contributed by atoms with E-state index in [1.807, 2.05) is 0 Å². The average Bonchev–Trinajstić information content (AvgIpc) is 2.45. The van der Waals surface area contributed by atoms with Crippen LogP contribution in [-0.2, 0) is 13.1 Å². The summed E-state index contributed by atoms with van der Waals surface area (Å²) in [6.07, 6.45) is 1.15. The second kappa shape index (κ2) is 10.2. The van der Waals surface area contributed by atoms with E-state index in [1.54, 1.807) is 0 Å². The van der Waals surface area contributed by atoms with E-state index in [4.69, 9.17) is 4.99 Å². The van der Waals surface area contributed by atoms with Crippen LogP contribution in [0.2, 0.25) is 0 Å². The predicted octanol–water partition coefficient (Wildman–Crippen LogP) is 2.85. The molecule has 0 aliphatic rings. The van der Waals surface area contributed by atoms with E-state index in [0.717, 1.165) is 32.0 Å². The van der Waals surface area contributed by atoms with Gasteiger partial charge in [-0.15, -0.1) is 0 Å². The van der Waals surface area contributed by atoms with Crippen molar-refractivity contribution >= 4 is 5.96 Å². The van der Waals surface area contributed by atoms with E-state index in [2.05, 4.69) is 74.7 Å². The highest BCUT2D eigenvalue weighted by Crippen LogP contribution is 2.11. The molecule has 0 radical (unpaired) electrons. The molecule has 1 aromatic rings. The predicted molar refractivity (Wildman–Crippen MR) is 96.1 cm³/mol. The first-order valence-corrected chi connectivity index (χ1v) is 8.26. The third kappa shape index (κ3) is 7.46. The quantitative estimate of drug-likeness (QED) is 0.573. The van der Waals surface area contributed by atoms with Crippen molar-refractivity contribution < 1.29 is 0 Å². The number of hydrogen-bond acceptors (Lipinski definition) is 2. The average molecular weight is 304 g/mol. The molecule has 0 aliphatic carbocycles. The van der Waals surface area contributed by atoms with Crippen LogP contribution in [0.25, 0.3) is 0 Å². The number of aliphatic imine (C=N–C) groups is 1. The van der Waals surface area contributed by atoms with Gasteiger partial charge in [-0.1, -0.05) is 38.1 Å². The first-order valence-electron chi connectivity index (χ1n) is 8.26. The van der Waals surface area contributed by atoms with Crippen LogP contribution in [0.15, 0.2) is 29.3 Å². The number of rotatable bonds is 8. The molecule has 2 N–H and O–H groups in total. The molecule has 0 unspecified atom stereocenters. The number of nitrogens with zero attached hydrogens (tertiary/aromatic N) is 2. The number of guanidine groups is 1. The van der Waals surface area contributed by atoms with Crippen LogP contribution in [-0.4, -0.2) is 38.0 Å². The van der Waals surface area contributed by atoms with Gasteiger partial charge in [0.15, 0.2) is 5.96 Å². The zero-order valence-electron chi connectivity index (χ0n) is 14.8. The zero-order valence-corrected chi connectivity index (χ0v) is 14.8. The lowest BCUT2D eigenvalue weighted by atomic mass is 10.1. The van der Waals surface area contributed by atoms with Crippen molar-refractivity contribution in [3.63, 3.8) is 0 Å². The van der Waals surface area contributed by atoms with Crippen LogP contribution in [0.5, 0.6) is 0 Å². The Labute approximate surface area is 136 Å². The van der Waals surface area contributed by atoms with E-state index in [-0.39, 0.29) is 0 Å². The molecule has 0 aliphatic heterocycles. The SMILES string of the molecule is CCNC(=NCc1ccccc1CN(C)C)NCCC(C)C. The molecular formula is C18H32N4. The van der Waals surface area contributed by atoms with E-state index in [0.29, 0.717) is 12.5 Å². The van der Waals surface area contributed by atoms with Gasteiger partial charge in [0.1, 0.15) is 0 Å². The number of benzene rings is 1. The van der Waals surface area contributed by atoms with Crippen molar-refractivity contribution in [1.82, 2.24) is 15.5 Å². The van der Waals surface area contributed by atoms with Gasteiger partial charge in [0.25, 0.3) is 0 Å². The molecule has 0 aromatic heterocycles. The van der Waals surface area contributed by atoms with Gasteiger partial charge in [0.2, 0.25) is 0 Å². The number of hydrogen-bond donors (Lipinski definition) is 2. The summed E-state index contributed by atoms with van der Waals surface area (Å²) in [5.41, 5.74) is 2.63. The third-order valence-electron chi connectivity index (χ3n) is 3.37. The molecule has 0 saturated heterocycles. The zero-order chi connectivity index (χ0) is 16.4. The van der Waals surface area contributed by atoms with Gasteiger partial charge in [-0.05, 0) is 44.5 Å². The van der Waals surface area contributed by atoms with Crippen LogP contribution >= 0.6 is 0 Å². The lowest BCUT2D eigenvalue weighted by Crippen LogP contribution is -2.38. The van der Waals surface area contributed by atoms with Gasteiger partial charge in [-0.3, -0.25) is 0 Å². The molecule has 0 spiro atoms. The summed E-state index contributed by atoms with van der Waals surface area (Å²) in [6.45, 7) is 10.1. The molecular weight excluding hydrogens is 272 g/mol. The van der Waals surface area contributed by atoms with Crippen molar-refractivity contribution in [1.29, 1.82) is 0 Å². The van der Waals surface area contributed by atoms with E-state index < -0.39 is 0 Å². The van der Waals surface area contributed by atoms with Gasteiger partial charge in [-0.25, -0.2) is 4.99 Å². The lowest BCUT2D eigenvalue weighted by molar-refractivity contribution is 0.401. The fourth-order valence-corrected chi connectivity index (χ4v) is 2.19. The highest BCUT2D eigenvalue weighted by molar-refractivity contribution is 5.79. The molecule has 0 bridgehead atoms. The van der Waals surface area contributed by atoms with Crippen molar-refractivity contribution in [2.75, 3.05) is 27.2 Å². The minimum Gasteiger partial charge on any atom is -0.357 e. The van der Waals surface area contributed by atoms with Gasteiger partial charge >= 0.3 is 0 Å². The molecule has 124 valence electrons. The van der Waals surface area contributed by atoms with Gasteiger partial charge in [-0.2, -0.15) is 0 Å². The van der Waals surface area contributed by atoms with E-state index in [9.17, 15) is 0 Å². The van der Waals surface area contributed by atoms with Gasteiger partial charge in [0.05, 0.1) is 6.54 Å². The normalized spacial score (nSPS) is 12.0. The van der Waals surface area contributed by atoms with Crippen LogP contribution < -0.4 is 10.6 Å². The molecule has 1 rings (SSSR count). The van der Waals surface area contributed by atoms with E-state index >= 15 is 0 Å².